The second-order valence-electron chi connectivity index (χ2n) is 7.65. The predicted molar refractivity (Wildman–Crippen MR) is 131 cm³/mol. The van der Waals surface area contributed by atoms with Crippen molar-refractivity contribution < 1.29 is 4.74 Å². The smallest absolute Gasteiger partial charge is 0.206 e. The lowest BCUT2D eigenvalue weighted by atomic mass is 10.1. The van der Waals surface area contributed by atoms with Crippen LogP contribution in [0, 0.1) is 6.92 Å². The summed E-state index contributed by atoms with van der Waals surface area (Å²) in [5.74, 6) is 0. The first-order valence-corrected chi connectivity index (χ1v) is 12.1. The first kappa shape index (κ1) is 20.4. The number of nitrogens with one attached hydrogen (secondary N) is 1. The van der Waals surface area contributed by atoms with Crippen LogP contribution in [0.2, 0.25) is 0 Å². The van der Waals surface area contributed by atoms with Crippen molar-refractivity contribution in [3.05, 3.63) is 74.4 Å². The lowest BCUT2D eigenvalue weighted by Crippen LogP contribution is -2.17. The zero-order valence-corrected chi connectivity index (χ0v) is 19.6. The molecule has 31 heavy (non-hydrogen) atoms. The van der Waals surface area contributed by atoms with E-state index in [4.69, 9.17) is 14.8 Å². The molecule has 158 valence electrons. The Hall–Kier alpha value is -2.48. The molecule has 0 amide bonds. The number of hydrogen-bond acceptors (Lipinski definition) is 4. The summed E-state index contributed by atoms with van der Waals surface area (Å²) in [5.41, 5.74) is 5.45. The molecule has 0 aliphatic carbocycles. The van der Waals surface area contributed by atoms with Gasteiger partial charge in [0.05, 0.1) is 24.6 Å². The topological polar surface area (TPSA) is 54.7 Å². The molecule has 2 aromatic carbocycles. The molecule has 0 bridgehead atoms. The summed E-state index contributed by atoms with van der Waals surface area (Å²) in [6, 6.07) is 16.6. The average molecular weight is 495 g/mol. The van der Waals surface area contributed by atoms with Gasteiger partial charge in [0.15, 0.2) is 0 Å². The summed E-state index contributed by atoms with van der Waals surface area (Å²) in [6.07, 6.45) is 4.35. The van der Waals surface area contributed by atoms with E-state index in [1.54, 1.807) is 11.3 Å². The molecule has 7 heteroatoms. The van der Waals surface area contributed by atoms with Gasteiger partial charge in [-0.15, -0.1) is 11.3 Å². The number of thiazole rings is 1. The first-order valence-electron chi connectivity index (χ1n) is 10.4. The van der Waals surface area contributed by atoms with E-state index in [1.165, 1.54) is 5.39 Å². The number of halogens is 1. The van der Waals surface area contributed by atoms with E-state index in [2.05, 4.69) is 63.5 Å². The predicted octanol–water partition coefficient (Wildman–Crippen LogP) is 5.73. The summed E-state index contributed by atoms with van der Waals surface area (Å²) in [7, 11) is 0. The Balaban J connectivity index is 1.58. The third-order valence-electron chi connectivity index (χ3n) is 5.53. The Kier molecular flexibility index (Phi) is 5.89. The Morgan fingerprint density at radius 1 is 1.23 bits per heavy atom. The summed E-state index contributed by atoms with van der Waals surface area (Å²) in [6.45, 7) is 3.59. The molecule has 3 heterocycles. The fourth-order valence-corrected chi connectivity index (χ4v) is 5.00. The monoisotopic (exact) mass is 494 g/mol. The zero-order chi connectivity index (χ0) is 21.2. The number of hydrogen-bond donors (Lipinski definition) is 1. The van der Waals surface area contributed by atoms with E-state index in [0.29, 0.717) is 6.54 Å². The molecule has 1 fully saturated rings. The summed E-state index contributed by atoms with van der Waals surface area (Å²) < 4.78 is 8.76. The third-order valence-corrected chi connectivity index (χ3v) is 6.91. The second-order valence-corrected chi connectivity index (χ2v) is 9.40. The van der Waals surface area contributed by atoms with Gasteiger partial charge < -0.3 is 9.72 Å². The molecule has 1 aliphatic heterocycles. The van der Waals surface area contributed by atoms with Crippen LogP contribution in [-0.4, -0.2) is 35.1 Å². The molecule has 5 nitrogen and oxygen atoms in total. The van der Waals surface area contributed by atoms with E-state index in [0.717, 1.165) is 56.8 Å². The number of H-pyrrole nitrogens is 1. The molecule has 0 saturated carbocycles. The molecule has 2 aromatic heterocycles. The van der Waals surface area contributed by atoms with Gasteiger partial charge >= 0.3 is 0 Å². The summed E-state index contributed by atoms with van der Waals surface area (Å²) in [5, 5.41) is 8.19. The van der Waals surface area contributed by atoms with E-state index in [-0.39, 0.29) is 6.10 Å². The van der Waals surface area contributed by atoms with Gasteiger partial charge in [0.25, 0.3) is 0 Å². The van der Waals surface area contributed by atoms with Crippen molar-refractivity contribution in [2.45, 2.75) is 25.9 Å². The number of benzene rings is 2. The number of para-hydroxylation sites is 1. The van der Waals surface area contributed by atoms with Crippen molar-refractivity contribution in [2.24, 2.45) is 10.1 Å². The van der Waals surface area contributed by atoms with Gasteiger partial charge in [0.2, 0.25) is 4.80 Å². The van der Waals surface area contributed by atoms with Gasteiger partial charge in [-0.2, -0.15) is 5.10 Å². The fourth-order valence-electron chi connectivity index (χ4n) is 3.89. The minimum absolute atomic E-state index is 0.214. The van der Waals surface area contributed by atoms with Crippen molar-refractivity contribution >= 4 is 44.4 Å². The van der Waals surface area contributed by atoms with Crippen molar-refractivity contribution in [3.63, 3.8) is 0 Å². The minimum atomic E-state index is 0.214. The van der Waals surface area contributed by atoms with Crippen molar-refractivity contribution in [1.29, 1.82) is 0 Å². The Bertz CT molecular complexity index is 1290. The second kappa shape index (κ2) is 8.94. The lowest BCUT2D eigenvalue weighted by molar-refractivity contribution is 0.117. The molecular formula is C24H23BrN4OS. The largest absolute Gasteiger partial charge is 0.376 e. The van der Waals surface area contributed by atoms with Crippen LogP contribution in [0.3, 0.4) is 0 Å². The number of nitrogens with zero attached hydrogens (tertiary/aromatic N) is 3. The summed E-state index contributed by atoms with van der Waals surface area (Å²) >= 11 is 5.13. The Morgan fingerprint density at radius 3 is 2.87 bits per heavy atom. The van der Waals surface area contributed by atoms with Crippen molar-refractivity contribution in [1.82, 2.24) is 9.66 Å². The third kappa shape index (κ3) is 4.31. The Morgan fingerprint density at radius 2 is 2.06 bits per heavy atom. The number of aromatic nitrogens is 2. The van der Waals surface area contributed by atoms with Crippen LogP contribution in [-0.2, 0) is 4.74 Å². The average Bonchev–Trinajstić information content (AvgIpc) is 3.50. The van der Waals surface area contributed by atoms with E-state index in [1.807, 2.05) is 29.1 Å². The molecule has 1 saturated heterocycles. The van der Waals surface area contributed by atoms with Crippen LogP contribution in [0.15, 0.2) is 68.5 Å². The highest BCUT2D eigenvalue weighted by molar-refractivity contribution is 9.10. The van der Waals surface area contributed by atoms with Gasteiger partial charge in [0, 0.05) is 44.2 Å². The van der Waals surface area contributed by atoms with E-state index < -0.39 is 0 Å². The number of ether oxygens (including phenoxy) is 1. The first-order chi connectivity index (χ1) is 15.2. The quantitative estimate of drug-likeness (QED) is 0.353. The molecule has 0 radical (unpaired) electrons. The highest BCUT2D eigenvalue weighted by Crippen LogP contribution is 2.24. The number of rotatable bonds is 5. The van der Waals surface area contributed by atoms with Gasteiger partial charge in [-0.05, 0) is 38.0 Å². The fraction of sp³-hybridized carbons (Fsp3) is 0.250. The molecule has 1 atom stereocenters. The van der Waals surface area contributed by atoms with Crippen LogP contribution in [0.5, 0.6) is 0 Å². The summed E-state index contributed by atoms with van der Waals surface area (Å²) in [4.78, 5) is 9.18. The van der Waals surface area contributed by atoms with Crippen LogP contribution >= 0.6 is 27.3 Å². The van der Waals surface area contributed by atoms with Crippen molar-refractivity contribution in [2.75, 3.05) is 13.2 Å². The SMILES string of the molecule is Cc1[nH]c2ccccc2c1C=Nn1c(-c2ccc(Br)cc2)csc1=NCC1CCCO1. The number of aromatic amines is 1. The normalized spacial score (nSPS) is 17.4. The molecular weight excluding hydrogens is 472 g/mol. The number of fused-ring (bicyclic) bond motifs is 1. The molecule has 1 N–H and O–H groups in total. The van der Waals surface area contributed by atoms with Crippen LogP contribution in [0.1, 0.15) is 24.1 Å². The molecule has 5 rings (SSSR count). The van der Waals surface area contributed by atoms with Gasteiger partial charge in [-0.25, -0.2) is 4.68 Å². The van der Waals surface area contributed by atoms with Gasteiger partial charge in [-0.3, -0.25) is 4.99 Å². The van der Waals surface area contributed by atoms with Crippen molar-refractivity contribution in [3.8, 4) is 11.3 Å². The van der Waals surface area contributed by atoms with Crippen LogP contribution in [0.25, 0.3) is 22.2 Å². The number of aryl methyl sites for hydroxylation is 1. The van der Waals surface area contributed by atoms with Crippen LogP contribution in [0.4, 0.5) is 0 Å². The zero-order valence-electron chi connectivity index (χ0n) is 17.2. The standard InChI is InChI=1S/C24H23BrN4OS/c1-16-21(20-6-2-3-7-22(20)28-16)14-27-29-23(17-8-10-18(25)11-9-17)15-31-24(29)26-13-19-5-4-12-30-19/h2-3,6-11,14-15,19,28H,4-5,12-13H2,1H3. The highest BCUT2D eigenvalue weighted by atomic mass is 79.9. The van der Waals surface area contributed by atoms with Crippen LogP contribution < -0.4 is 4.80 Å². The maximum atomic E-state index is 5.76. The Labute approximate surface area is 193 Å². The molecule has 1 aliphatic rings. The minimum Gasteiger partial charge on any atom is -0.376 e. The highest BCUT2D eigenvalue weighted by Gasteiger charge is 2.15. The maximum Gasteiger partial charge on any atom is 0.206 e. The lowest BCUT2D eigenvalue weighted by Gasteiger charge is -2.06. The molecule has 0 spiro atoms. The molecule has 4 aromatic rings. The van der Waals surface area contributed by atoms with E-state index >= 15 is 0 Å². The molecule has 1 unspecified atom stereocenters. The maximum absolute atomic E-state index is 5.76. The van der Waals surface area contributed by atoms with E-state index in [9.17, 15) is 0 Å². The van der Waals surface area contributed by atoms with Gasteiger partial charge in [0.1, 0.15) is 0 Å². The van der Waals surface area contributed by atoms with Gasteiger partial charge in [-0.1, -0.05) is 46.3 Å².